The third-order valence-electron chi connectivity index (χ3n) is 4.50. The zero-order chi connectivity index (χ0) is 21.8. The molecule has 4 rings (SSSR count). The van der Waals surface area contributed by atoms with E-state index < -0.39 is 0 Å². The van der Waals surface area contributed by atoms with Crippen molar-refractivity contribution in [3.05, 3.63) is 82.5 Å². The molecule has 0 amide bonds. The summed E-state index contributed by atoms with van der Waals surface area (Å²) < 4.78 is 16.9. The standard InChI is InChI=1S/C23H18Cl2N2O4/c1-29-15-3-2-4-17(10-15)31-22-12-26-27-23(22)18-7-6-16(11-21(18)28)30-13-14-5-8-19(24)20(25)9-14/h2-12,28H,13H2,1H3,(H,26,27). The first-order chi connectivity index (χ1) is 15.0. The molecular formula is C23H18Cl2N2O4. The predicted molar refractivity (Wildman–Crippen MR) is 120 cm³/mol. The highest BCUT2D eigenvalue weighted by molar-refractivity contribution is 6.42. The molecule has 6 nitrogen and oxygen atoms in total. The number of benzene rings is 3. The minimum absolute atomic E-state index is 0.0198. The average Bonchev–Trinajstić information content (AvgIpc) is 3.22. The van der Waals surface area contributed by atoms with Gasteiger partial charge in [-0.05, 0) is 42.0 Å². The number of phenols is 1. The SMILES string of the molecule is COc1cccc(Oc2cn[nH]c2-c2ccc(OCc3ccc(Cl)c(Cl)c3)cc2O)c1. The molecule has 0 spiro atoms. The van der Waals surface area contributed by atoms with Crippen LogP contribution in [0, 0.1) is 0 Å². The van der Waals surface area contributed by atoms with Gasteiger partial charge in [-0.1, -0.05) is 35.3 Å². The van der Waals surface area contributed by atoms with Crippen molar-refractivity contribution in [2.45, 2.75) is 6.61 Å². The lowest BCUT2D eigenvalue weighted by Gasteiger charge is -2.11. The Balaban J connectivity index is 1.51. The quantitative estimate of drug-likeness (QED) is 0.333. The highest BCUT2D eigenvalue weighted by atomic mass is 35.5. The van der Waals surface area contributed by atoms with Crippen molar-refractivity contribution in [3.8, 4) is 40.0 Å². The van der Waals surface area contributed by atoms with E-state index in [9.17, 15) is 5.11 Å². The Labute approximate surface area is 188 Å². The number of hydrogen-bond acceptors (Lipinski definition) is 5. The molecule has 0 fully saturated rings. The van der Waals surface area contributed by atoms with Gasteiger partial charge in [0.1, 0.15) is 35.3 Å². The van der Waals surface area contributed by atoms with Crippen molar-refractivity contribution in [1.82, 2.24) is 10.2 Å². The van der Waals surface area contributed by atoms with Gasteiger partial charge in [0.15, 0.2) is 5.75 Å². The van der Waals surface area contributed by atoms with Gasteiger partial charge >= 0.3 is 0 Å². The number of hydrogen-bond donors (Lipinski definition) is 2. The molecule has 0 aliphatic rings. The summed E-state index contributed by atoms with van der Waals surface area (Å²) in [5.74, 6) is 2.25. The molecule has 0 unspecified atom stereocenters. The number of aromatic hydroxyl groups is 1. The fourth-order valence-corrected chi connectivity index (χ4v) is 3.27. The number of phenolic OH excluding ortho intramolecular Hbond substituents is 1. The smallest absolute Gasteiger partial charge is 0.173 e. The van der Waals surface area contributed by atoms with Crippen molar-refractivity contribution >= 4 is 23.2 Å². The molecule has 4 aromatic rings. The zero-order valence-corrected chi connectivity index (χ0v) is 17.9. The Morgan fingerprint density at radius 1 is 0.935 bits per heavy atom. The highest BCUT2D eigenvalue weighted by Gasteiger charge is 2.15. The molecule has 158 valence electrons. The van der Waals surface area contributed by atoms with E-state index in [1.807, 2.05) is 18.2 Å². The van der Waals surface area contributed by atoms with Gasteiger partial charge < -0.3 is 19.3 Å². The molecule has 2 N–H and O–H groups in total. The monoisotopic (exact) mass is 456 g/mol. The van der Waals surface area contributed by atoms with Crippen molar-refractivity contribution in [2.75, 3.05) is 7.11 Å². The topological polar surface area (TPSA) is 76.6 Å². The summed E-state index contributed by atoms with van der Waals surface area (Å²) in [6.07, 6.45) is 1.54. The van der Waals surface area contributed by atoms with E-state index in [1.54, 1.807) is 49.7 Å². The summed E-state index contributed by atoms with van der Waals surface area (Å²) in [5, 5.41) is 18.4. The number of halogens is 2. The second kappa shape index (κ2) is 9.20. The van der Waals surface area contributed by atoms with E-state index in [1.165, 1.54) is 6.07 Å². The van der Waals surface area contributed by atoms with Crippen LogP contribution in [0.5, 0.6) is 28.7 Å². The number of H-pyrrole nitrogens is 1. The summed E-state index contributed by atoms with van der Waals surface area (Å²) in [6, 6.07) is 17.5. The number of rotatable bonds is 7. The van der Waals surface area contributed by atoms with Gasteiger partial charge in [-0.3, -0.25) is 5.10 Å². The normalized spacial score (nSPS) is 10.7. The van der Waals surface area contributed by atoms with Crippen LogP contribution in [0.3, 0.4) is 0 Å². The summed E-state index contributed by atoms with van der Waals surface area (Å²) in [6.45, 7) is 0.282. The minimum atomic E-state index is 0.0198. The van der Waals surface area contributed by atoms with Gasteiger partial charge in [0.2, 0.25) is 0 Å². The maximum absolute atomic E-state index is 10.6. The van der Waals surface area contributed by atoms with E-state index in [0.29, 0.717) is 44.3 Å². The first-order valence-electron chi connectivity index (χ1n) is 9.29. The van der Waals surface area contributed by atoms with E-state index >= 15 is 0 Å². The van der Waals surface area contributed by atoms with Crippen LogP contribution >= 0.6 is 23.2 Å². The van der Waals surface area contributed by atoms with Crippen molar-refractivity contribution in [3.63, 3.8) is 0 Å². The van der Waals surface area contributed by atoms with E-state index in [0.717, 1.165) is 5.56 Å². The number of ether oxygens (including phenoxy) is 3. The molecule has 8 heteroatoms. The molecule has 0 aliphatic carbocycles. The number of methoxy groups -OCH3 is 1. The molecule has 3 aromatic carbocycles. The van der Waals surface area contributed by atoms with Crippen molar-refractivity contribution in [2.24, 2.45) is 0 Å². The number of aromatic amines is 1. The number of nitrogens with zero attached hydrogens (tertiary/aromatic N) is 1. The Kier molecular flexibility index (Phi) is 6.21. The lowest BCUT2D eigenvalue weighted by molar-refractivity contribution is 0.304. The van der Waals surface area contributed by atoms with Gasteiger partial charge in [0, 0.05) is 17.7 Å². The van der Waals surface area contributed by atoms with Crippen LogP contribution in [0.15, 0.2) is 66.9 Å². The van der Waals surface area contributed by atoms with Gasteiger partial charge in [-0.2, -0.15) is 5.10 Å². The first kappa shape index (κ1) is 20.9. The van der Waals surface area contributed by atoms with Crippen molar-refractivity contribution in [1.29, 1.82) is 0 Å². The molecule has 0 bridgehead atoms. The van der Waals surface area contributed by atoms with Crippen LogP contribution < -0.4 is 14.2 Å². The Morgan fingerprint density at radius 2 is 1.77 bits per heavy atom. The third-order valence-corrected chi connectivity index (χ3v) is 5.24. The second-order valence-electron chi connectivity index (χ2n) is 6.61. The molecule has 31 heavy (non-hydrogen) atoms. The first-order valence-corrected chi connectivity index (χ1v) is 10.0. The predicted octanol–water partition coefficient (Wildman–Crippen LogP) is 6.47. The van der Waals surface area contributed by atoms with Crippen LogP contribution in [0.1, 0.15) is 5.56 Å². The third kappa shape index (κ3) is 4.87. The van der Waals surface area contributed by atoms with Gasteiger partial charge in [0.05, 0.1) is 23.4 Å². The highest BCUT2D eigenvalue weighted by Crippen LogP contribution is 2.38. The zero-order valence-electron chi connectivity index (χ0n) is 16.4. The van der Waals surface area contributed by atoms with Crippen molar-refractivity contribution < 1.29 is 19.3 Å². The molecule has 0 saturated heterocycles. The fourth-order valence-electron chi connectivity index (χ4n) is 2.95. The molecule has 0 radical (unpaired) electrons. The molecule has 1 heterocycles. The maximum atomic E-state index is 10.6. The van der Waals surface area contributed by atoms with Crippen LogP contribution in [-0.2, 0) is 6.61 Å². The summed E-state index contributed by atoms with van der Waals surface area (Å²) in [4.78, 5) is 0. The lowest BCUT2D eigenvalue weighted by atomic mass is 10.1. The summed E-state index contributed by atoms with van der Waals surface area (Å²) in [7, 11) is 1.59. The summed E-state index contributed by atoms with van der Waals surface area (Å²) in [5.41, 5.74) is 1.93. The van der Waals surface area contributed by atoms with Crippen LogP contribution in [0.4, 0.5) is 0 Å². The Bertz CT molecular complexity index is 1210. The summed E-state index contributed by atoms with van der Waals surface area (Å²) >= 11 is 12.0. The number of aromatic nitrogens is 2. The van der Waals surface area contributed by atoms with Crippen LogP contribution in [0.25, 0.3) is 11.3 Å². The van der Waals surface area contributed by atoms with Crippen LogP contribution in [0.2, 0.25) is 10.0 Å². The Morgan fingerprint density at radius 3 is 2.55 bits per heavy atom. The molecular weight excluding hydrogens is 439 g/mol. The molecule has 0 atom stereocenters. The fraction of sp³-hybridized carbons (Fsp3) is 0.0870. The van der Waals surface area contributed by atoms with E-state index in [-0.39, 0.29) is 12.4 Å². The largest absolute Gasteiger partial charge is 0.507 e. The van der Waals surface area contributed by atoms with Gasteiger partial charge in [-0.25, -0.2) is 0 Å². The van der Waals surface area contributed by atoms with Gasteiger partial charge in [0.25, 0.3) is 0 Å². The Hall–Kier alpha value is -3.35. The van der Waals surface area contributed by atoms with Crippen LogP contribution in [-0.4, -0.2) is 22.4 Å². The van der Waals surface area contributed by atoms with Gasteiger partial charge in [-0.15, -0.1) is 0 Å². The molecule has 0 saturated carbocycles. The molecule has 0 aliphatic heterocycles. The minimum Gasteiger partial charge on any atom is -0.507 e. The second-order valence-corrected chi connectivity index (χ2v) is 7.42. The maximum Gasteiger partial charge on any atom is 0.173 e. The molecule has 1 aromatic heterocycles. The van der Waals surface area contributed by atoms with E-state index in [2.05, 4.69) is 10.2 Å². The van der Waals surface area contributed by atoms with E-state index in [4.69, 9.17) is 37.4 Å². The lowest BCUT2D eigenvalue weighted by Crippen LogP contribution is -1.96. The average molecular weight is 457 g/mol. The number of nitrogens with one attached hydrogen (secondary N) is 1.